The first kappa shape index (κ1) is 12.0. The molecule has 0 aliphatic carbocycles. The Morgan fingerprint density at radius 2 is 2.18 bits per heavy atom. The van der Waals surface area contributed by atoms with E-state index in [1.165, 1.54) is 0 Å². The molecule has 1 aromatic rings. The van der Waals surface area contributed by atoms with Crippen LogP contribution in [0.1, 0.15) is 11.7 Å². The van der Waals surface area contributed by atoms with Crippen LogP contribution in [0, 0.1) is 0 Å². The number of alkyl halides is 1. The molecule has 17 heavy (non-hydrogen) atoms. The monoisotopic (exact) mass is 246 g/mol. The lowest BCUT2D eigenvalue weighted by atomic mass is 10.1. The highest BCUT2D eigenvalue weighted by Crippen LogP contribution is 2.33. The van der Waals surface area contributed by atoms with E-state index in [4.69, 9.17) is 9.84 Å². The second-order valence-corrected chi connectivity index (χ2v) is 3.74. The van der Waals surface area contributed by atoms with Crippen LogP contribution in [-0.4, -0.2) is 45.2 Å². The molecule has 1 aliphatic heterocycles. The van der Waals surface area contributed by atoms with Crippen molar-refractivity contribution in [2.24, 2.45) is 0 Å². The Bertz CT molecular complexity index is 513. The van der Waals surface area contributed by atoms with Gasteiger partial charge in [0.2, 0.25) is 0 Å². The third kappa shape index (κ3) is 2.02. The van der Waals surface area contributed by atoms with E-state index in [-0.39, 0.29) is 5.56 Å². The Labute approximate surface area is 93.9 Å². The predicted molar refractivity (Wildman–Crippen MR) is 53.3 cm³/mol. The predicted octanol–water partition coefficient (Wildman–Crippen LogP) is -1.81. The molecule has 4 N–H and O–H groups in total. The van der Waals surface area contributed by atoms with Gasteiger partial charge in [-0.25, -0.2) is 9.18 Å². The molecule has 1 unspecified atom stereocenters. The highest BCUT2D eigenvalue weighted by molar-refractivity contribution is 5.13. The van der Waals surface area contributed by atoms with Gasteiger partial charge in [-0.05, 0) is 0 Å². The third-order valence-corrected chi connectivity index (χ3v) is 2.65. The first-order chi connectivity index (χ1) is 8.04. The normalized spacial score (nSPS) is 32.9. The van der Waals surface area contributed by atoms with Crippen molar-refractivity contribution in [1.29, 1.82) is 0 Å². The van der Waals surface area contributed by atoms with Crippen molar-refractivity contribution < 1.29 is 19.3 Å². The lowest BCUT2D eigenvalue weighted by Gasteiger charge is -2.11. The highest BCUT2D eigenvalue weighted by Gasteiger charge is 2.45. The van der Waals surface area contributed by atoms with Crippen molar-refractivity contribution in [3.8, 4) is 0 Å². The van der Waals surface area contributed by atoms with Gasteiger partial charge in [0.05, 0.1) is 12.2 Å². The number of H-pyrrole nitrogens is 2. The molecule has 1 saturated heterocycles. The summed E-state index contributed by atoms with van der Waals surface area (Å²) in [4.78, 5) is 26.3. The number of hydrogen-bond acceptors (Lipinski definition) is 5. The summed E-state index contributed by atoms with van der Waals surface area (Å²) in [5.74, 6) is 0. The maximum Gasteiger partial charge on any atom is 0.325 e. The average Bonchev–Trinajstić information content (AvgIpc) is 2.57. The number of ether oxygens (including phenoxy) is 1. The van der Waals surface area contributed by atoms with Gasteiger partial charge >= 0.3 is 5.69 Å². The molecule has 0 radical (unpaired) electrons. The minimum atomic E-state index is -1.83. The number of nitrogens with one attached hydrogen (secondary N) is 2. The average molecular weight is 246 g/mol. The zero-order chi connectivity index (χ0) is 12.6. The van der Waals surface area contributed by atoms with Crippen molar-refractivity contribution in [2.75, 3.05) is 6.61 Å². The molecular formula is C9H11FN2O5. The molecule has 0 saturated carbocycles. The molecule has 7 nitrogen and oxygen atoms in total. The van der Waals surface area contributed by atoms with Crippen molar-refractivity contribution in [1.82, 2.24) is 9.97 Å². The fourth-order valence-electron chi connectivity index (χ4n) is 1.76. The van der Waals surface area contributed by atoms with Gasteiger partial charge in [-0.3, -0.25) is 9.78 Å². The summed E-state index contributed by atoms with van der Waals surface area (Å²) < 4.78 is 18.7. The molecule has 2 rings (SSSR count). The van der Waals surface area contributed by atoms with Crippen LogP contribution in [0.2, 0.25) is 0 Å². The number of aromatic amines is 2. The standard InChI is InChI=1S/C9H11FN2O5/c10-5-6(14)4(2-13)17-7(5)3-1-11-9(16)12-8(3)15/h1,4-7,13-14H,2H2,(H2,11,12,15,16)/t4-,5?,6+,7+/m1/s1. The lowest BCUT2D eigenvalue weighted by molar-refractivity contribution is -0.0230. The molecular weight excluding hydrogens is 235 g/mol. The van der Waals surface area contributed by atoms with E-state index in [0.29, 0.717) is 0 Å². The third-order valence-electron chi connectivity index (χ3n) is 2.65. The maximum atomic E-state index is 13.7. The van der Waals surface area contributed by atoms with Gasteiger partial charge in [-0.1, -0.05) is 0 Å². The molecule has 2 heterocycles. The largest absolute Gasteiger partial charge is 0.394 e. The summed E-state index contributed by atoms with van der Waals surface area (Å²) in [7, 11) is 0. The van der Waals surface area contributed by atoms with Crippen LogP contribution in [-0.2, 0) is 4.74 Å². The maximum absolute atomic E-state index is 13.7. The molecule has 4 atom stereocenters. The van der Waals surface area contributed by atoms with Crippen molar-refractivity contribution in [3.63, 3.8) is 0 Å². The Kier molecular flexibility index (Phi) is 3.09. The van der Waals surface area contributed by atoms with Crippen molar-refractivity contribution in [3.05, 3.63) is 32.6 Å². The highest BCUT2D eigenvalue weighted by atomic mass is 19.1. The van der Waals surface area contributed by atoms with E-state index >= 15 is 0 Å². The summed E-state index contributed by atoms with van der Waals surface area (Å²) in [6.45, 7) is -0.556. The zero-order valence-electron chi connectivity index (χ0n) is 8.59. The van der Waals surface area contributed by atoms with E-state index < -0.39 is 42.3 Å². The van der Waals surface area contributed by atoms with Crippen LogP contribution in [0.3, 0.4) is 0 Å². The molecule has 0 spiro atoms. The fraction of sp³-hybridized carbons (Fsp3) is 0.556. The van der Waals surface area contributed by atoms with E-state index in [2.05, 4.69) is 4.98 Å². The van der Waals surface area contributed by atoms with Gasteiger partial charge in [0.15, 0.2) is 6.17 Å². The van der Waals surface area contributed by atoms with Crippen LogP contribution >= 0.6 is 0 Å². The summed E-state index contributed by atoms with van der Waals surface area (Å²) in [6.07, 6.45) is -4.69. The van der Waals surface area contributed by atoms with Gasteiger partial charge in [-0.15, -0.1) is 0 Å². The number of halogens is 1. The number of aliphatic hydroxyl groups excluding tert-OH is 2. The topological polar surface area (TPSA) is 115 Å². The quantitative estimate of drug-likeness (QED) is 0.491. The van der Waals surface area contributed by atoms with Crippen LogP contribution < -0.4 is 11.2 Å². The van der Waals surface area contributed by atoms with Crippen LogP contribution in [0.5, 0.6) is 0 Å². The van der Waals surface area contributed by atoms with Crippen LogP contribution in [0.25, 0.3) is 0 Å². The molecule has 0 aromatic carbocycles. The number of aliphatic hydroxyl groups is 2. The summed E-state index contributed by atoms with van der Waals surface area (Å²) in [6, 6.07) is 0. The Morgan fingerprint density at radius 3 is 2.71 bits per heavy atom. The van der Waals surface area contributed by atoms with Crippen LogP contribution in [0.4, 0.5) is 4.39 Å². The van der Waals surface area contributed by atoms with Crippen LogP contribution in [0.15, 0.2) is 15.8 Å². The van der Waals surface area contributed by atoms with E-state index in [0.717, 1.165) is 6.20 Å². The van der Waals surface area contributed by atoms with E-state index in [1.807, 2.05) is 4.98 Å². The molecule has 94 valence electrons. The fourth-order valence-corrected chi connectivity index (χ4v) is 1.76. The van der Waals surface area contributed by atoms with Gasteiger partial charge < -0.3 is 19.9 Å². The molecule has 8 heteroatoms. The first-order valence-corrected chi connectivity index (χ1v) is 4.95. The van der Waals surface area contributed by atoms with Crippen molar-refractivity contribution in [2.45, 2.75) is 24.5 Å². The Hall–Kier alpha value is -1.51. The Balaban J connectivity index is 2.35. The summed E-state index contributed by atoms with van der Waals surface area (Å²) >= 11 is 0. The first-order valence-electron chi connectivity index (χ1n) is 4.95. The second-order valence-electron chi connectivity index (χ2n) is 3.74. The van der Waals surface area contributed by atoms with Gasteiger partial charge in [0.25, 0.3) is 5.56 Å². The molecule has 1 aliphatic rings. The van der Waals surface area contributed by atoms with Gasteiger partial charge in [0, 0.05) is 6.20 Å². The lowest BCUT2D eigenvalue weighted by Crippen LogP contribution is -2.31. The second kappa shape index (κ2) is 4.40. The molecule has 1 aromatic heterocycles. The Morgan fingerprint density at radius 1 is 1.47 bits per heavy atom. The van der Waals surface area contributed by atoms with Crippen molar-refractivity contribution >= 4 is 0 Å². The van der Waals surface area contributed by atoms with E-state index in [9.17, 15) is 19.1 Å². The zero-order valence-corrected chi connectivity index (χ0v) is 8.59. The minimum absolute atomic E-state index is 0.132. The molecule has 0 bridgehead atoms. The SMILES string of the molecule is O=c1[nH]cc([C@@H]2O[C@H](CO)[C@H](O)C2F)c(=O)[nH]1. The number of rotatable bonds is 2. The van der Waals surface area contributed by atoms with Gasteiger partial charge in [0.1, 0.15) is 18.3 Å². The number of hydrogen-bond donors (Lipinski definition) is 4. The minimum Gasteiger partial charge on any atom is -0.394 e. The smallest absolute Gasteiger partial charge is 0.325 e. The van der Waals surface area contributed by atoms with E-state index in [1.54, 1.807) is 0 Å². The summed E-state index contributed by atoms with van der Waals surface area (Å²) in [5.41, 5.74) is -1.63. The molecule has 0 amide bonds. The van der Waals surface area contributed by atoms with Gasteiger partial charge in [-0.2, -0.15) is 0 Å². The summed E-state index contributed by atoms with van der Waals surface area (Å²) in [5, 5.41) is 18.2. The number of aromatic nitrogens is 2. The molecule has 1 fully saturated rings.